The van der Waals surface area contributed by atoms with Crippen LogP contribution in [0.5, 0.6) is 0 Å². The molecule has 1 aliphatic carbocycles. The fraction of sp³-hybridized carbons (Fsp3) is 0.941. The van der Waals surface area contributed by atoms with E-state index in [4.69, 9.17) is 4.74 Å². The molecule has 1 rings (SSSR count). The normalized spacial score (nSPS) is 16.5. The maximum absolute atomic E-state index is 12.0. The second-order valence-electron chi connectivity index (χ2n) is 6.50. The molecule has 4 nitrogen and oxygen atoms in total. The summed E-state index contributed by atoms with van der Waals surface area (Å²) < 4.78 is 5.19. The second-order valence-corrected chi connectivity index (χ2v) is 6.50. The lowest BCUT2D eigenvalue weighted by Crippen LogP contribution is -2.42. The predicted octanol–water partition coefficient (Wildman–Crippen LogP) is 2.82. The van der Waals surface area contributed by atoms with Gasteiger partial charge in [0.15, 0.2) is 0 Å². The third kappa shape index (κ3) is 7.82. The van der Waals surface area contributed by atoms with Gasteiger partial charge in [0.05, 0.1) is 6.61 Å². The van der Waals surface area contributed by atoms with E-state index in [9.17, 15) is 4.79 Å². The lowest BCUT2D eigenvalue weighted by atomic mass is 10.1. The van der Waals surface area contributed by atoms with Crippen molar-refractivity contribution in [3.05, 3.63) is 0 Å². The van der Waals surface area contributed by atoms with Gasteiger partial charge < -0.3 is 15.0 Å². The highest BCUT2D eigenvalue weighted by Crippen LogP contribution is 2.27. The summed E-state index contributed by atoms with van der Waals surface area (Å²) in [4.78, 5) is 14.6. The predicted molar refractivity (Wildman–Crippen MR) is 87.4 cm³/mol. The summed E-state index contributed by atoms with van der Waals surface area (Å²) in [5, 5.41) is 3.33. The van der Waals surface area contributed by atoms with Gasteiger partial charge in [0.25, 0.3) is 0 Å². The Morgan fingerprint density at radius 3 is 2.43 bits per heavy atom. The Hall–Kier alpha value is -0.610. The summed E-state index contributed by atoms with van der Waals surface area (Å²) in [6.07, 6.45) is 5.78. The Kier molecular flexibility index (Phi) is 8.93. The largest absolute Gasteiger partial charge is 0.465 e. The summed E-state index contributed by atoms with van der Waals surface area (Å²) in [5.74, 6) is 0.649. The van der Waals surface area contributed by atoms with Gasteiger partial charge in [0, 0.05) is 12.6 Å². The van der Waals surface area contributed by atoms with Crippen LogP contribution in [0, 0.1) is 5.92 Å². The first kappa shape index (κ1) is 18.4. The Bertz CT molecular complexity index is 291. The van der Waals surface area contributed by atoms with Crippen molar-refractivity contribution in [2.75, 3.05) is 26.2 Å². The maximum Gasteiger partial charge on any atom is 0.323 e. The minimum absolute atomic E-state index is 0.0921. The lowest BCUT2D eigenvalue weighted by Gasteiger charge is -2.25. The van der Waals surface area contributed by atoms with Gasteiger partial charge in [-0.25, -0.2) is 0 Å². The van der Waals surface area contributed by atoms with Crippen molar-refractivity contribution in [1.29, 1.82) is 0 Å². The topological polar surface area (TPSA) is 41.6 Å². The number of esters is 1. The molecule has 0 spiro atoms. The van der Waals surface area contributed by atoms with Gasteiger partial charge in [0.1, 0.15) is 6.04 Å². The molecule has 1 atom stereocenters. The molecule has 0 aromatic heterocycles. The van der Waals surface area contributed by atoms with Crippen molar-refractivity contribution in [2.45, 2.75) is 71.9 Å². The van der Waals surface area contributed by atoms with Crippen LogP contribution in [-0.4, -0.2) is 49.2 Å². The van der Waals surface area contributed by atoms with Gasteiger partial charge in [-0.1, -0.05) is 20.8 Å². The van der Waals surface area contributed by atoms with Crippen LogP contribution < -0.4 is 5.32 Å². The van der Waals surface area contributed by atoms with Crippen molar-refractivity contribution in [3.8, 4) is 0 Å². The Labute approximate surface area is 130 Å². The minimum atomic E-state index is -0.148. The molecule has 4 heteroatoms. The molecule has 0 amide bonds. The molecule has 0 bridgehead atoms. The average molecular weight is 298 g/mol. The maximum atomic E-state index is 12.0. The molecule has 0 heterocycles. The van der Waals surface area contributed by atoms with Crippen molar-refractivity contribution >= 4 is 5.97 Å². The fourth-order valence-corrected chi connectivity index (χ4v) is 2.50. The first-order valence-electron chi connectivity index (χ1n) is 8.72. The van der Waals surface area contributed by atoms with Crippen LogP contribution in [0.3, 0.4) is 0 Å². The quantitative estimate of drug-likeness (QED) is 0.563. The highest BCUT2D eigenvalue weighted by Gasteiger charge is 2.30. The van der Waals surface area contributed by atoms with E-state index in [1.165, 1.54) is 19.3 Å². The zero-order valence-corrected chi connectivity index (χ0v) is 14.4. The molecule has 1 saturated carbocycles. The van der Waals surface area contributed by atoms with Crippen LogP contribution in [0.1, 0.15) is 59.8 Å². The number of nitrogens with zero attached hydrogens (tertiary/aromatic N) is 1. The molecule has 1 unspecified atom stereocenters. The zero-order chi connectivity index (χ0) is 15.7. The molecule has 0 radical (unpaired) electrons. The molecule has 1 fully saturated rings. The molecular formula is C17H34N2O2. The van der Waals surface area contributed by atoms with E-state index < -0.39 is 0 Å². The minimum Gasteiger partial charge on any atom is -0.465 e. The van der Waals surface area contributed by atoms with E-state index in [0.717, 1.165) is 44.4 Å². The zero-order valence-electron chi connectivity index (χ0n) is 14.4. The summed E-state index contributed by atoms with van der Waals surface area (Å²) in [7, 11) is 0. The van der Waals surface area contributed by atoms with Crippen LogP contribution >= 0.6 is 0 Å². The van der Waals surface area contributed by atoms with Gasteiger partial charge in [-0.3, -0.25) is 4.79 Å². The number of hydrogen-bond acceptors (Lipinski definition) is 4. The van der Waals surface area contributed by atoms with Crippen LogP contribution in [0.4, 0.5) is 0 Å². The first-order valence-corrected chi connectivity index (χ1v) is 8.72. The monoisotopic (exact) mass is 298 g/mol. The van der Waals surface area contributed by atoms with E-state index in [1.54, 1.807) is 0 Å². The van der Waals surface area contributed by atoms with Gasteiger partial charge in [-0.2, -0.15) is 0 Å². The van der Waals surface area contributed by atoms with Crippen molar-refractivity contribution < 1.29 is 9.53 Å². The van der Waals surface area contributed by atoms with Crippen LogP contribution in [0.15, 0.2) is 0 Å². The fourth-order valence-electron chi connectivity index (χ4n) is 2.50. The number of carbonyl (C=O) groups excluding carboxylic acids is 1. The van der Waals surface area contributed by atoms with Gasteiger partial charge in [0.2, 0.25) is 0 Å². The summed E-state index contributed by atoms with van der Waals surface area (Å²) in [5.41, 5.74) is 0. The van der Waals surface area contributed by atoms with Gasteiger partial charge in [-0.05, 0) is 58.0 Å². The van der Waals surface area contributed by atoms with Crippen LogP contribution in [-0.2, 0) is 9.53 Å². The molecule has 1 aliphatic rings. The number of ether oxygens (including phenoxy) is 1. The molecule has 0 aromatic rings. The molecule has 1 N–H and O–H groups in total. The number of nitrogens with one attached hydrogen (secondary N) is 1. The molecule has 0 aliphatic heterocycles. The molecule has 0 aromatic carbocycles. The third-order valence-corrected chi connectivity index (χ3v) is 3.97. The van der Waals surface area contributed by atoms with E-state index in [-0.39, 0.29) is 12.0 Å². The Balaban J connectivity index is 2.41. The van der Waals surface area contributed by atoms with Crippen molar-refractivity contribution in [1.82, 2.24) is 10.2 Å². The number of carbonyl (C=O) groups is 1. The summed E-state index contributed by atoms with van der Waals surface area (Å²) in [6.45, 7) is 12.0. The van der Waals surface area contributed by atoms with Crippen molar-refractivity contribution in [3.63, 3.8) is 0 Å². The smallest absolute Gasteiger partial charge is 0.323 e. The Morgan fingerprint density at radius 2 is 1.90 bits per heavy atom. The van der Waals surface area contributed by atoms with E-state index >= 15 is 0 Å². The van der Waals surface area contributed by atoms with E-state index in [2.05, 4.69) is 31.0 Å². The van der Waals surface area contributed by atoms with Crippen LogP contribution in [0.25, 0.3) is 0 Å². The van der Waals surface area contributed by atoms with E-state index in [0.29, 0.717) is 6.61 Å². The SMILES string of the molecule is CCCNC(CCN(CCC(C)C)C1CC1)C(=O)OCC. The Morgan fingerprint density at radius 1 is 1.24 bits per heavy atom. The first-order chi connectivity index (χ1) is 10.1. The molecular weight excluding hydrogens is 264 g/mol. The van der Waals surface area contributed by atoms with Crippen LogP contribution in [0.2, 0.25) is 0 Å². The molecule has 21 heavy (non-hydrogen) atoms. The summed E-state index contributed by atoms with van der Waals surface area (Å²) >= 11 is 0. The number of rotatable bonds is 12. The standard InChI is InChI=1S/C17H34N2O2/c1-5-11-18-16(17(20)21-6-2)10-13-19(15-7-8-15)12-9-14(3)4/h14-16,18H,5-13H2,1-4H3. The van der Waals surface area contributed by atoms with E-state index in [1.807, 2.05) is 6.92 Å². The number of hydrogen-bond donors (Lipinski definition) is 1. The second kappa shape index (κ2) is 10.2. The van der Waals surface area contributed by atoms with Crippen molar-refractivity contribution in [2.24, 2.45) is 5.92 Å². The lowest BCUT2D eigenvalue weighted by molar-refractivity contribution is -0.146. The third-order valence-electron chi connectivity index (χ3n) is 3.97. The highest BCUT2D eigenvalue weighted by molar-refractivity contribution is 5.75. The summed E-state index contributed by atoms with van der Waals surface area (Å²) in [6, 6.07) is 0.614. The van der Waals surface area contributed by atoms with Gasteiger partial charge in [-0.15, -0.1) is 0 Å². The highest BCUT2D eigenvalue weighted by atomic mass is 16.5. The van der Waals surface area contributed by atoms with Gasteiger partial charge >= 0.3 is 5.97 Å². The average Bonchev–Trinajstić information content (AvgIpc) is 3.26. The molecule has 0 saturated heterocycles. The molecule has 124 valence electrons.